The fraction of sp³-hybridized carbons (Fsp3) is 0.250. The Morgan fingerprint density at radius 2 is 2.24 bits per heavy atom. The maximum atomic E-state index is 11.7. The average Bonchev–Trinajstić information content (AvgIpc) is 2.71. The monoisotopic (exact) mass is 298 g/mol. The molecule has 4 nitrogen and oxygen atoms in total. The van der Waals surface area contributed by atoms with Crippen molar-refractivity contribution in [3.63, 3.8) is 0 Å². The first-order valence-electron chi connectivity index (χ1n) is 5.09. The SMILES string of the molecule is CCOC(=O)c1coc2cc(OC)c(Br)cc12. The minimum Gasteiger partial charge on any atom is -0.495 e. The molecule has 0 spiro atoms. The van der Waals surface area contributed by atoms with E-state index in [4.69, 9.17) is 13.9 Å². The fourth-order valence-corrected chi connectivity index (χ4v) is 2.06. The van der Waals surface area contributed by atoms with Gasteiger partial charge in [0, 0.05) is 11.5 Å². The van der Waals surface area contributed by atoms with Gasteiger partial charge in [-0.05, 0) is 28.9 Å². The molecule has 1 aromatic heterocycles. The summed E-state index contributed by atoms with van der Waals surface area (Å²) in [5.41, 5.74) is 1.01. The number of carbonyl (C=O) groups excluding carboxylic acids is 1. The summed E-state index contributed by atoms with van der Waals surface area (Å²) < 4.78 is 16.2. The van der Waals surface area contributed by atoms with Crippen molar-refractivity contribution in [2.24, 2.45) is 0 Å². The summed E-state index contributed by atoms with van der Waals surface area (Å²) in [6, 6.07) is 3.51. The topological polar surface area (TPSA) is 48.7 Å². The number of hydrogen-bond donors (Lipinski definition) is 0. The molecule has 0 radical (unpaired) electrons. The van der Waals surface area contributed by atoms with E-state index in [1.165, 1.54) is 6.26 Å². The van der Waals surface area contributed by atoms with Crippen molar-refractivity contribution in [1.82, 2.24) is 0 Å². The Labute approximate surface area is 107 Å². The van der Waals surface area contributed by atoms with E-state index in [1.807, 2.05) is 0 Å². The van der Waals surface area contributed by atoms with Gasteiger partial charge < -0.3 is 13.9 Å². The van der Waals surface area contributed by atoms with Gasteiger partial charge in [0.1, 0.15) is 23.2 Å². The van der Waals surface area contributed by atoms with Gasteiger partial charge in [-0.3, -0.25) is 0 Å². The van der Waals surface area contributed by atoms with Crippen LogP contribution in [0, 0.1) is 0 Å². The van der Waals surface area contributed by atoms with Crippen molar-refractivity contribution in [2.75, 3.05) is 13.7 Å². The van der Waals surface area contributed by atoms with Crippen LogP contribution in [0.3, 0.4) is 0 Å². The highest BCUT2D eigenvalue weighted by molar-refractivity contribution is 9.10. The highest BCUT2D eigenvalue weighted by atomic mass is 79.9. The molecule has 0 amide bonds. The van der Waals surface area contributed by atoms with Gasteiger partial charge in [-0.2, -0.15) is 0 Å². The second kappa shape index (κ2) is 4.79. The minimum atomic E-state index is -0.386. The van der Waals surface area contributed by atoms with Crippen LogP contribution in [0.25, 0.3) is 11.0 Å². The summed E-state index contributed by atoms with van der Waals surface area (Å²) in [5.74, 6) is 0.269. The number of rotatable bonds is 3. The summed E-state index contributed by atoms with van der Waals surface area (Å²) in [7, 11) is 1.57. The van der Waals surface area contributed by atoms with E-state index in [-0.39, 0.29) is 5.97 Å². The number of furan rings is 1. The van der Waals surface area contributed by atoms with Crippen LogP contribution in [0.5, 0.6) is 5.75 Å². The normalized spacial score (nSPS) is 10.5. The molecule has 0 aliphatic carbocycles. The molecule has 0 saturated carbocycles. The van der Waals surface area contributed by atoms with Crippen LogP contribution in [-0.4, -0.2) is 19.7 Å². The number of carbonyl (C=O) groups is 1. The maximum Gasteiger partial charge on any atom is 0.342 e. The second-order valence-electron chi connectivity index (χ2n) is 3.35. The second-order valence-corrected chi connectivity index (χ2v) is 4.21. The van der Waals surface area contributed by atoms with Crippen molar-refractivity contribution >= 4 is 32.9 Å². The van der Waals surface area contributed by atoms with Crippen LogP contribution in [-0.2, 0) is 4.74 Å². The van der Waals surface area contributed by atoms with Crippen LogP contribution < -0.4 is 4.74 Å². The average molecular weight is 299 g/mol. The Morgan fingerprint density at radius 3 is 2.88 bits per heavy atom. The molecule has 0 N–H and O–H groups in total. The van der Waals surface area contributed by atoms with Gasteiger partial charge in [0.15, 0.2) is 0 Å². The molecule has 5 heteroatoms. The quantitative estimate of drug-likeness (QED) is 0.815. The summed E-state index contributed by atoms with van der Waals surface area (Å²) in [4.78, 5) is 11.7. The van der Waals surface area contributed by atoms with E-state index in [2.05, 4.69) is 15.9 Å². The first-order valence-corrected chi connectivity index (χ1v) is 5.88. The highest BCUT2D eigenvalue weighted by Gasteiger charge is 2.16. The molecular formula is C12H11BrO4. The molecule has 1 heterocycles. The molecular weight excluding hydrogens is 288 g/mol. The predicted molar refractivity (Wildman–Crippen MR) is 66.4 cm³/mol. The van der Waals surface area contributed by atoms with Crippen LogP contribution in [0.1, 0.15) is 17.3 Å². The third kappa shape index (κ3) is 2.15. The van der Waals surface area contributed by atoms with Crippen molar-refractivity contribution < 1.29 is 18.7 Å². The van der Waals surface area contributed by atoms with Gasteiger partial charge in [0.25, 0.3) is 0 Å². The largest absolute Gasteiger partial charge is 0.495 e. The molecule has 0 aliphatic rings. The fourth-order valence-electron chi connectivity index (χ4n) is 1.55. The van der Waals surface area contributed by atoms with Crippen LogP contribution in [0.2, 0.25) is 0 Å². The third-order valence-electron chi connectivity index (χ3n) is 2.34. The Bertz CT molecular complexity index is 559. The molecule has 0 unspecified atom stereocenters. The molecule has 0 bridgehead atoms. The first-order chi connectivity index (χ1) is 8.17. The summed E-state index contributed by atoms with van der Waals surface area (Å²) >= 11 is 3.37. The van der Waals surface area contributed by atoms with E-state index in [1.54, 1.807) is 26.2 Å². The molecule has 2 rings (SSSR count). The zero-order valence-electron chi connectivity index (χ0n) is 9.45. The van der Waals surface area contributed by atoms with Gasteiger partial charge in [-0.25, -0.2) is 4.79 Å². The van der Waals surface area contributed by atoms with E-state index in [9.17, 15) is 4.79 Å². The van der Waals surface area contributed by atoms with Crippen molar-refractivity contribution in [1.29, 1.82) is 0 Å². The van der Waals surface area contributed by atoms with E-state index < -0.39 is 0 Å². The molecule has 0 atom stereocenters. The number of esters is 1. The number of methoxy groups -OCH3 is 1. The lowest BCUT2D eigenvalue weighted by atomic mass is 10.2. The predicted octanol–water partition coefficient (Wildman–Crippen LogP) is 3.38. The number of ether oxygens (including phenoxy) is 2. The van der Waals surface area contributed by atoms with Gasteiger partial charge >= 0.3 is 5.97 Å². The Balaban J connectivity index is 2.54. The van der Waals surface area contributed by atoms with Crippen LogP contribution >= 0.6 is 15.9 Å². The van der Waals surface area contributed by atoms with Crippen molar-refractivity contribution in [3.05, 3.63) is 28.4 Å². The number of benzene rings is 1. The van der Waals surface area contributed by atoms with E-state index >= 15 is 0 Å². The molecule has 0 fully saturated rings. The van der Waals surface area contributed by atoms with E-state index in [0.717, 1.165) is 4.47 Å². The Morgan fingerprint density at radius 1 is 1.47 bits per heavy atom. The Kier molecular flexibility index (Phi) is 3.38. The zero-order valence-corrected chi connectivity index (χ0v) is 11.0. The standard InChI is InChI=1S/C12H11BrO4/c1-3-16-12(14)8-6-17-10-5-11(15-2)9(13)4-7(8)10/h4-6H,3H2,1-2H3. The van der Waals surface area contributed by atoms with Crippen molar-refractivity contribution in [3.8, 4) is 5.75 Å². The zero-order chi connectivity index (χ0) is 12.4. The molecule has 0 saturated heterocycles. The molecule has 17 heavy (non-hydrogen) atoms. The Hall–Kier alpha value is -1.49. The van der Waals surface area contributed by atoms with Gasteiger partial charge in [0.2, 0.25) is 0 Å². The lowest BCUT2D eigenvalue weighted by Gasteiger charge is -2.03. The molecule has 2 aromatic rings. The van der Waals surface area contributed by atoms with Crippen molar-refractivity contribution in [2.45, 2.75) is 6.92 Å². The third-order valence-corrected chi connectivity index (χ3v) is 2.96. The van der Waals surface area contributed by atoms with Gasteiger partial charge in [0.05, 0.1) is 18.2 Å². The number of hydrogen-bond acceptors (Lipinski definition) is 4. The van der Waals surface area contributed by atoms with E-state index in [0.29, 0.717) is 28.9 Å². The summed E-state index contributed by atoms with van der Waals surface area (Å²) in [5, 5.41) is 0.705. The summed E-state index contributed by atoms with van der Waals surface area (Å²) in [6.07, 6.45) is 1.40. The first kappa shape index (κ1) is 12.0. The highest BCUT2D eigenvalue weighted by Crippen LogP contribution is 2.33. The summed E-state index contributed by atoms with van der Waals surface area (Å²) in [6.45, 7) is 2.10. The molecule has 0 aliphatic heterocycles. The molecule has 90 valence electrons. The maximum absolute atomic E-state index is 11.7. The smallest absolute Gasteiger partial charge is 0.342 e. The van der Waals surface area contributed by atoms with Gasteiger partial charge in [-0.1, -0.05) is 0 Å². The van der Waals surface area contributed by atoms with Crippen LogP contribution in [0.4, 0.5) is 0 Å². The minimum absolute atomic E-state index is 0.336. The lowest BCUT2D eigenvalue weighted by molar-refractivity contribution is 0.0527. The van der Waals surface area contributed by atoms with Gasteiger partial charge in [-0.15, -0.1) is 0 Å². The van der Waals surface area contributed by atoms with Crippen LogP contribution in [0.15, 0.2) is 27.3 Å². The molecule has 1 aromatic carbocycles. The number of fused-ring (bicyclic) bond motifs is 1. The lowest BCUT2D eigenvalue weighted by Crippen LogP contribution is -2.03. The number of halogens is 1.